The van der Waals surface area contributed by atoms with Crippen molar-refractivity contribution in [2.75, 3.05) is 154 Å². The number of aryl methyl sites for hydroxylation is 6. The Morgan fingerprint density at radius 1 is 0.180 bits per heavy atom. The third-order valence-electron chi connectivity index (χ3n) is 22.3. The second kappa shape index (κ2) is 44.8. The first kappa shape index (κ1) is 88.9. The maximum absolute atomic E-state index is 6.70. The van der Waals surface area contributed by atoms with Gasteiger partial charge in [-0.05, 0) is 296 Å². The normalized spacial score (nSPS) is 11.2. The van der Waals surface area contributed by atoms with Crippen molar-refractivity contribution >= 4 is 34.1 Å². The van der Waals surface area contributed by atoms with Gasteiger partial charge >= 0.3 is 0 Å². The van der Waals surface area contributed by atoms with Crippen molar-refractivity contribution in [3.63, 3.8) is 0 Å². The molecule has 12 rings (SSSR count). The van der Waals surface area contributed by atoms with Crippen LogP contribution in [-0.4, -0.2) is 124 Å². The van der Waals surface area contributed by atoms with E-state index in [-0.39, 0.29) is 0 Å². The molecule has 0 amide bonds. The Labute approximate surface area is 726 Å². The number of rotatable bonds is 48. The van der Waals surface area contributed by atoms with Crippen LogP contribution in [0.15, 0.2) is 273 Å². The van der Waals surface area contributed by atoms with Crippen molar-refractivity contribution in [2.24, 2.45) is 0 Å². The number of ether oxygens (including phenoxy) is 9. The molecule has 0 N–H and O–H groups in total. The molecule has 0 saturated heterocycles. The van der Waals surface area contributed by atoms with Gasteiger partial charge in [0.05, 0.1) is 39.6 Å². The van der Waals surface area contributed by atoms with Crippen molar-refractivity contribution in [1.82, 2.24) is 0 Å². The minimum atomic E-state index is -0.661. The highest BCUT2D eigenvalue weighted by Gasteiger charge is 2.32. The number of benzene rings is 12. The van der Waals surface area contributed by atoms with Crippen LogP contribution in [0.3, 0.4) is 0 Å². The number of anilines is 6. The first-order valence-corrected chi connectivity index (χ1v) is 43.2. The molecule has 0 aliphatic carbocycles. The van der Waals surface area contributed by atoms with E-state index in [4.69, 9.17) is 42.6 Å². The van der Waals surface area contributed by atoms with E-state index in [9.17, 15) is 0 Å². The average molecular weight is 1640 g/mol. The fourth-order valence-corrected chi connectivity index (χ4v) is 14.9. The van der Waals surface area contributed by atoms with Crippen molar-refractivity contribution in [2.45, 2.75) is 109 Å². The second-order valence-corrected chi connectivity index (χ2v) is 33.1. The standard InChI is InChI=1S/C107H126N6O9/c1-107(89-38-56-98(57-39-89)120-77-86-68-101(114-62-14-20-80-26-44-92(45-27-80)108(2)3)74-102(69-86)115-63-15-21-81-28-46-93(47-29-81)109(4)5,90-40-58-99(59-41-90)121-78-87-70-103(116-64-16-22-82-30-48-94(49-31-82)110(6)7)75-104(71-87)117-65-17-23-83-32-50-95(51-33-83)111(8)9)91-42-60-100(61-43-91)122-79-88-72-105(118-66-18-24-84-34-52-96(53-35-84)112(10)11)76-106(73-88)119-67-19-25-85-36-54-97(55-37-85)113(12)13/h26-61,68-76H,14-25,62-67,77-79H2,1-13H3. The Bertz CT molecular complexity index is 4370. The summed E-state index contributed by atoms with van der Waals surface area (Å²) in [5.41, 5.74) is 20.2. The molecule has 122 heavy (non-hydrogen) atoms. The molecule has 0 atom stereocenters. The number of nitrogens with zero attached hydrogens (tertiary/aromatic N) is 6. The van der Waals surface area contributed by atoms with Crippen LogP contribution in [0.25, 0.3) is 0 Å². The molecule has 0 radical (unpaired) electrons. The summed E-state index contributed by atoms with van der Waals surface area (Å²) in [5, 5.41) is 0. The van der Waals surface area contributed by atoms with E-state index in [2.05, 4.69) is 376 Å². The molecule has 638 valence electrons. The van der Waals surface area contributed by atoms with Gasteiger partial charge in [-0.25, -0.2) is 0 Å². The lowest BCUT2D eigenvalue weighted by Gasteiger charge is -2.32. The molecule has 0 saturated carbocycles. The van der Waals surface area contributed by atoms with E-state index in [1.807, 2.05) is 18.2 Å². The number of hydrogen-bond acceptors (Lipinski definition) is 15. The van der Waals surface area contributed by atoms with Gasteiger partial charge in [-0.3, -0.25) is 0 Å². The molecule has 0 bridgehead atoms. The Morgan fingerprint density at radius 3 is 0.500 bits per heavy atom. The van der Waals surface area contributed by atoms with E-state index < -0.39 is 5.41 Å². The van der Waals surface area contributed by atoms with Crippen LogP contribution in [0.2, 0.25) is 0 Å². The SMILES string of the molecule is CN(C)c1ccc(CCCOc2cc(COc3ccc(C(C)(c4ccc(OCc5cc(OCCCc6ccc(N(C)C)cc6)cc(OCCCc6ccc(N(C)C)cc6)c5)cc4)c4ccc(OCc5cc(OCCCc6ccc(N(C)C)cc6)cc(OCCCc6ccc(N(C)C)cc6)c5)cc4)cc3)cc(OCCCc3ccc(N(C)C)cc3)c2)cc1. The van der Waals surface area contributed by atoms with Gasteiger partial charge in [0.1, 0.15) is 71.6 Å². The maximum atomic E-state index is 6.70. The Morgan fingerprint density at radius 2 is 0.344 bits per heavy atom. The molecule has 12 aromatic rings. The van der Waals surface area contributed by atoms with Crippen molar-refractivity contribution in [1.29, 1.82) is 0 Å². The maximum Gasteiger partial charge on any atom is 0.123 e. The molecular weight excluding hydrogens is 1510 g/mol. The molecule has 15 heteroatoms. The highest BCUT2D eigenvalue weighted by atomic mass is 16.5. The Hall–Kier alpha value is -12.4. The van der Waals surface area contributed by atoms with E-state index >= 15 is 0 Å². The summed E-state index contributed by atoms with van der Waals surface area (Å²) in [5.74, 6) is 6.71. The summed E-state index contributed by atoms with van der Waals surface area (Å²) in [7, 11) is 24.8. The lowest BCUT2D eigenvalue weighted by Crippen LogP contribution is -2.25. The first-order chi connectivity index (χ1) is 59.2. The quantitative estimate of drug-likeness (QED) is 0.0267. The summed E-state index contributed by atoms with van der Waals surface area (Å²) in [4.78, 5) is 12.7. The molecule has 0 heterocycles. The van der Waals surface area contributed by atoms with Gasteiger partial charge in [-0.2, -0.15) is 0 Å². The highest BCUT2D eigenvalue weighted by Crippen LogP contribution is 2.42. The monoisotopic (exact) mass is 1640 g/mol. The summed E-state index contributed by atoms with van der Waals surface area (Å²) in [6, 6.07) is 96.4. The summed E-state index contributed by atoms with van der Waals surface area (Å²) < 4.78 is 59.2. The molecule has 0 aliphatic heterocycles. The van der Waals surface area contributed by atoms with Crippen LogP contribution in [0, 0.1) is 0 Å². The summed E-state index contributed by atoms with van der Waals surface area (Å²) >= 11 is 0. The summed E-state index contributed by atoms with van der Waals surface area (Å²) in [6.07, 6.45) is 10.7. The van der Waals surface area contributed by atoms with Crippen LogP contribution in [0.1, 0.15) is 112 Å². The molecule has 0 unspecified atom stereocenters. The van der Waals surface area contributed by atoms with Gasteiger partial charge in [-0.1, -0.05) is 109 Å². The predicted octanol–water partition coefficient (Wildman–Crippen LogP) is 22.2. The van der Waals surface area contributed by atoms with Crippen LogP contribution < -0.4 is 72.0 Å². The Balaban J connectivity index is 0.767. The first-order valence-electron chi connectivity index (χ1n) is 43.2. The molecule has 0 aromatic heterocycles. The highest BCUT2D eigenvalue weighted by molar-refractivity contribution is 5.55. The fraction of sp³-hybridized carbons (Fsp3) is 0.327. The van der Waals surface area contributed by atoms with Crippen LogP contribution in [0.4, 0.5) is 34.1 Å². The van der Waals surface area contributed by atoms with Crippen LogP contribution in [0.5, 0.6) is 51.7 Å². The van der Waals surface area contributed by atoms with E-state index in [0.29, 0.717) is 59.5 Å². The average Bonchev–Trinajstić information content (AvgIpc) is 0.759. The molecular formula is C107H126N6O9. The van der Waals surface area contributed by atoms with Crippen LogP contribution >= 0.6 is 0 Å². The van der Waals surface area contributed by atoms with Crippen molar-refractivity contribution in [3.8, 4) is 51.7 Å². The molecule has 0 fully saturated rings. The minimum absolute atomic E-state index is 0.307. The largest absolute Gasteiger partial charge is 0.493 e. The lowest BCUT2D eigenvalue weighted by atomic mass is 9.71. The fourth-order valence-electron chi connectivity index (χ4n) is 14.9. The van der Waals surface area contributed by atoms with E-state index in [0.717, 1.165) is 162 Å². The molecule has 12 aromatic carbocycles. The van der Waals surface area contributed by atoms with Gasteiger partial charge in [0.25, 0.3) is 0 Å². The van der Waals surface area contributed by atoms with Gasteiger partial charge in [0.15, 0.2) is 0 Å². The van der Waals surface area contributed by atoms with Gasteiger partial charge in [0.2, 0.25) is 0 Å². The zero-order valence-corrected chi connectivity index (χ0v) is 74.2. The second-order valence-electron chi connectivity index (χ2n) is 33.1. The molecule has 0 aliphatic rings. The molecule has 0 spiro atoms. The zero-order valence-electron chi connectivity index (χ0n) is 74.2. The van der Waals surface area contributed by atoms with Gasteiger partial charge < -0.3 is 72.0 Å². The van der Waals surface area contributed by atoms with Crippen molar-refractivity contribution in [3.05, 3.63) is 340 Å². The van der Waals surface area contributed by atoms with Gasteiger partial charge in [0, 0.05) is 142 Å². The van der Waals surface area contributed by atoms with Crippen molar-refractivity contribution < 1.29 is 42.6 Å². The van der Waals surface area contributed by atoms with Gasteiger partial charge in [-0.15, -0.1) is 0 Å². The lowest BCUT2D eigenvalue weighted by molar-refractivity contribution is 0.286. The van der Waals surface area contributed by atoms with E-state index in [1.165, 1.54) is 67.5 Å². The predicted molar refractivity (Wildman–Crippen MR) is 505 cm³/mol. The topological polar surface area (TPSA) is 103 Å². The third kappa shape index (κ3) is 27.1. The third-order valence-corrected chi connectivity index (χ3v) is 22.3. The minimum Gasteiger partial charge on any atom is -0.493 e. The Kier molecular flexibility index (Phi) is 32.6. The van der Waals surface area contributed by atoms with Crippen LogP contribution in [-0.2, 0) is 63.8 Å². The smallest absolute Gasteiger partial charge is 0.123 e. The molecule has 15 nitrogen and oxygen atoms in total. The van der Waals surface area contributed by atoms with E-state index in [1.54, 1.807) is 0 Å². The zero-order chi connectivity index (χ0) is 85.6. The number of hydrogen-bond donors (Lipinski definition) is 0. The summed E-state index contributed by atoms with van der Waals surface area (Å²) in [6.45, 7) is 6.57.